The Kier molecular flexibility index (Phi) is 4.23. The number of methoxy groups -OCH3 is 1. The van der Waals surface area contributed by atoms with E-state index in [1.54, 1.807) is 13.2 Å². The van der Waals surface area contributed by atoms with Crippen LogP contribution < -0.4 is 16.2 Å². The van der Waals surface area contributed by atoms with Crippen molar-refractivity contribution in [3.63, 3.8) is 0 Å². The molecule has 0 unspecified atom stereocenters. The van der Waals surface area contributed by atoms with Gasteiger partial charge in [-0.25, -0.2) is 0 Å². The summed E-state index contributed by atoms with van der Waals surface area (Å²) in [5.41, 5.74) is 13.0. The molecule has 0 aromatic heterocycles. The number of hydrogen-bond acceptors (Lipinski definition) is 3. The number of primary amides is 2. The van der Waals surface area contributed by atoms with Gasteiger partial charge in [0, 0.05) is 11.1 Å². The second-order valence-corrected chi connectivity index (χ2v) is 4.63. The van der Waals surface area contributed by atoms with Crippen LogP contribution in [-0.4, -0.2) is 18.9 Å². The fourth-order valence-corrected chi connectivity index (χ4v) is 2.10. The van der Waals surface area contributed by atoms with Crippen molar-refractivity contribution in [2.24, 2.45) is 11.5 Å². The van der Waals surface area contributed by atoms with E-state index in [9.17, 15) is 9.59 Å². The highest BCUT2D eigenvalue weighted by Crippen LogP contribution is 2.19. The highest BCUT2D eigenvalue weighted by molar-refractivity contribution is 5.98. The first-order valence-electron chi connectivity index (χ1n) is 6.36. The largest absolute Gasteiger partial charge is 0.497 e. The Hall–Kier alpha value is -2.82. The molecule has 0 fully saturated rings. The first-order valence-corrected chi connectivity index (χ1v) is 6.36. The van der Waals surface area contributed by atoms with Gasteiger partial charge in [-0.05, 0) is 47.9 Å². The molecule has 4 N–H and O–H groups in total. The Morgan fingerprint density at radius 1 is 1.00 bits per heavy atom. The summed E-state index contributed by atoms with van der Waals surface area (Å²) in [6, 6.07) is 12.1. The molecule has 0 saturated heterocycles. The highest BCUT2D eigenvalue weighted by Gasteiger charge is 2.12. The molecular weight excluding hydrogens is 268 g/mol. The Bertz CT molecular complexity index is 678. The second-order valence-electron chi connectivity index (χ2n) is 4.63. The van der Waals surface area contributed by atoms with Gasteiger partial charge < -0.3 is 16.2 Å². The molecule has 5 heteroatoms. The number of ether oxygens (including phenoxy) is 1. The van der Waals surface area contributed by atoms with E-state index >= 15 is 0 Å². The van der Waals surface area contributed by atoms with Crippen LogP contribution in [0, 0.1) is 0 Å². The molecule has 0 aliphatic heterocycles. The van der Waals surface area contributed by atoms with E-state index in [-0.39, 0.29) is 0 Å². The van der Waals surface area contributed by atoms with E-state index in [1.807, 2.05) is 24.3 Å². The molecular formula is C16H16N2O3. The zero-order chi connectivity index (χ0) is 15.4. The summed E-state index contributed by atoms with van der Waals surface area (Å²) in [4.78, 5) is 22.7. The fourth-order valence-electron chi connectivity index (χ4n) is 2.10. The fraction of sp³-hybridized carbons (Fsp3) is 0.125. The third-order valence-electron chi connectivity index (χ3n) is 3.21. The average Bonchev–Trinajstić information content (AvgIpc) is 2.47. The smallest absolute Gasteiger partial charge is 0.248 e. The Morgan fingerprint density at radius 3 is 2.19 bits per heavy atom. The lowest BCUT2D eigenvalue weighted by molar-refractivity contribution is 0.0987. The lowest BCUT2D eigenvalue weighted by Crippen LogP contribution is -2.17. The maximum atomic E-state index is 11.5. The standard InChI is InChI=1S/C16H16N2O3/c1-21-13-5-2-10(3-6-13)8-12-9-11(15(17)19)4-7-14(12)16(18)20/h2-7,9H,8H2,1H3,(H2,17,19)(H2,18,20). The van der Waals surface area contributed by atoms with E-state index in [4.69, 9.17) is 16.2 Å². The van der Waals surface area contributed by atoms with E-state index in [1.165, 1.54) is 12.1 Å². The average molecular weight is 284 g/mol. The lowest BCUT2D eigenvalue weighted by atomic mass is 9.97. The first kappa shape index (κ1) is 14.6. The Morgan fingerprint density at radius 2 is 1.67 bits per heavy atom. The van der Waals surface area contributed by atoms with E-state index in [0.717, 1.165) is 11.3 Å². The van der Waals surface area contributed by atoms with Crippen LogP contribution in [0.2, 0.25) is 0 Å². The van der Waals surface area contributed by atoms with Crippen LogP contribution in [0.25, 0.3) is 0 Å². The summed E-state index contributed by atoms with van der Waals surface area (Å²) >= 11 is 0. The van der Waals surface area contributed by atoms with Gasteiger partial charge in [0.25, 0.3) is 0 Å². The van der Waals surface area contributed by atoms with Crippen molar-refractivity contribution in [1.82, 2.24) is 0 Å². The number of rotatable bonds is 5. The van der Waals surface area contributed by atoms with Crippen LogP contribution in [-0.2, 0) is 6.42 Å². The van der Waals surface area contributed by atoms with Crippen LogP contribution in [0.15, 0.2) is 42.5 Å². The number of carbonyl (C=O) groups is 2. The summed E-state index contributed by atoms with van der Waals surface area (Å²) in [7, 11) is 1.59. The molecule has 0 atom stereocenters. The van der Waals surface area contributed by atoms with Crippen LogP contribution in [0.1, 0.15) is 31.8 Å². The van der Waals surface area contributed by atoms with Gasteiger partial charge in [-0.1, -0.05) is 12.1 Å². The molecule has 0 aliphatic rings. The molecule has 2 rings (SSSR count). The van der Waals surface area contributed by atoms with Crippen LogP contribution >= 0.6 is 0 Å². The normalized spacial score (nSPS) is 10.1. The number of amides is 2. The van der Waals surface area contributed by atoms with Crippen molar-refractivity contribution in [2.75, 3.05) is 7.11 Å². The highest BCUT2D eigenvalue weighted by atomic mass is 16.5. The van der Waals surface area contributed by atoms with Crippen molar-refractivity contribution < 1.29 is 14.3 Å². The molecule has 5 nitrogen and oxygen atoms in total. The van der Waals surface area contributed by atoms with Crippen molar-refractivity contribution in [3.05, 3.63) is 64.7 Å². The van der Waals surface area contributed by atoms with Gasteiger partial charge >= 0.3 is 0 Å². The molecule has 0 heterocycles. The Balaban J connectivity index is 2.37. The third kappa shape index (κ3) is 3.39. The second kappa shape index (κ2) is 6.09. The van der Waals surface area contributed by atoms with Gasteiger partial charge in [-0.15, -0.1) is 0 Å². The zero-order valence-corrected chi connectivity index (χ0v) is 11.6. The Labute approximate surface area is 122 Å². The summed E-state index contributed by atoms with van der Waals surface area (Å²) in [5, 5.41) is 0. The molecule has 0 bridgehead atoms. The van der Waals surface area contributed by atoms with Gasteiger partial charge in [0.2, 0.25) is 11.8 Å². The summed E-state index contributed by atoms with van der Waals surface area (Å²) in [5.74, 6) is -0.323. The van der Waals surface area contributed by atoms with Gasteiger partial charge in [0.1, 0.15) is 5.75 Å². The molecule has 0 radical (unpaired) electrons. The van der Waals surface area contributed by atoms with E-state index in [2.05, 4.69) is 0 Å². The minimum absolute atomic E-state index is 0.350. The minimum Gasteiger partial charge on any atom is -0.497 e. The summed E-state index contributed by atoms with van der Waals surface area (Å²) in [6.07, 6.45) is 0.476. The molecule has 0 saturated carbocycles. The predicted molar refractivity (Wildman–Crippen MR) is 79.3 cm³/mol. The molecule has 0 spiro atoms. The van der Waals surface area contributed by atoms with Crippen LogP contribution in [0.4, 0.5) is 0 Å². The minimum atomic E-state index is -0.540. The third-order valence-corrected chi connectivity index (χ3v) is 3.21. The maximum Gasteiger partial charge on any atom is 0.248 e. The maximum absolute atomic E-state index is 11.5. The zero-order valence-electron chi connectivity index (χ0n) is 11.6. The van der Waals surface area contributed by atoms with Gasteiger partial charge in [0.05, 0.1) is 7.11 Å². The molecule has 21 heavy (non-hydrogen) atoms. The number of hydrogen-bond donors (Lipinski definition) is 2. The van der Waals surface area contributed by atoms with Crippen molar-refractivity contribution in [2.45, 2.75) is 6.42 Å². The predicted octanol–water partition coefficient (Wildman–Crippen LogP) is 1.48. The summed E-state index contributed by atoms with van der Waals surface area (Å²) in [6.45, 7) is 0. The molecule has 2 amide bonds. The van der Waals surface area contributed by atoms with Gasteiger partial charge in [-0.2, -0.15) is 0 Å². The number of carbonyl (C=O) groups excluding carboxylic acids is 2. The molecule has 2 aromatic rings. The quantitative estimate of drug-likeness (QED) is 0.870. The van der Waals surface area contributed by atoms with Crippen molar-refractivity contribution >= 4 is 11.8 Å². The lowest BCUT2D eigenvalue weighted by Gasteiger charge is -2.09. The molecule has 108 valence electrons. The van der Waals surface area contributed by atoms with Gasteiger partial charge in [-0.3, -0.25) is 9.59 Å². The monoisotopic (exact) mass is 284 g/mol. The van der Waals surface area contributed by atoms with Gasteiger partial charge in [0.15, 0.2) is 0 Å². The van der Waals surface area contributed by atoms with Crippen molar-refractivity contribution in [1.29, 1.82) is 0 Å². The number of benzene rings is 2. The van der Waals surface area contributed by atoms with Crippen LogP contribution in [0.3, 0.4) is 0 Å². The topological polar surface area (TPSA) is 95.4 Å². The molecule has 2 aromatic carbocycles. The van der Waals surface area contributed by atoms with Crippen molar-refractivity contribution in [3.8, 4) is 5.75 Å². The SMILES string of the molecule is COc1ccc(Cc2cc(C(N)=O)ccc2C(N)=O)cc1. The number of nitrogens with two attached hydrogens (primary N) is 2. The van der Waals surface area contributed by atoms with Crippen LogP contribution in [0.5, 0.6) is 5.75 Å². The summed E-state index contributed by atoms with van der Waals surface area (Å²) < 4.78 is 5.10. The first-order chi connectivity index (χ1) is 10.0. The molecule has 0 aliphatic carbocycles. The van der Waals surface area contributed by atoms with E-state index < -0.39 is 11.8 Å². The van der Waals surface area contributed by atoms with E-state index in [0.29, 0.717) is 23.1 Å².